The summed E-state index contributed by atoms with van der Waals surface area (Å²) in [7, 11) is 8.50. The first-order valence-electron chi connectivity index (χ1n) is 1.93. The van der Waals surface area contributed by atoms with E-state index < -0.39 is 0 Å². The van der Waals surface area contributed by atoms with E-state index in [9.17, 15) is 0 Å². The average molecular weight is 234 g/mol. The van der Waals surface area contributed by atoms with Crippen LogP contribution in [-0.2, 0) is 0 Å². The van der Waals surface area contributed by atoms with Gasteiger partial charge in [0.2, 0.25) is 0 Å². The lowest BCUT2D eigenvalue weighted by Gasteiger charge is -2.14. The highest BCUT2D eigenvalue weighted by molar-refractivity contribution is 9.93. The largest absolute Gasteiger partial charge is 0.333 e. The molecule has 0 aromatic heterocycles. The summed E-state index contributed by atoms with van der Waals surface area (Å²) in [5.41, 5.74) is 0. The van der Waals surface area contributed by atoms with Gasteiger partial charge >= 0.3 is 0 Å². The van der Waals surface area contributed by atoms with Gasteiger partial charge in [0.15, 0.2) is 0 Å². The van der Waals surface area contributed by atoms with E-state index in [0.717, 1.165) is 4.48 Å². The van der Waals surface area contributed by atoms with Crippen LogP contribution >= 0.6 is 28.3 Å². The highest BCUT2D eigenvalue weighted by Gasteiger charge is 1.88. The molecule has 0 saturated carbocycles. The molecule has 1 nitrogen and oxygen atoms in total. The summed E-state index contributed by atoms with van der Waals surface area (Å²) in [5, 5.41) is 0. The highest BCUT2D eigenvalue weighted by Crippen LogP contribution is 1.85. The Morgan fingerprint density at radius 1 is 0.857 bits per heavy atom. The molecule has 0 N–H and O–H groups in total. The lowest BCUT2D eigenvalue weighted by atomic mass is 10.8. The molecular formula is C4H12Br2N+. The zero-order valence-corrected chi connectivity index (χ0v) is 8.38. The maximum atomic E-state index is 2.75. The molecule has 0 rings (SSSR count). The number of nitrogens with zero attached hydrogens (tertiary/aromatic N) is 1. The van der Waals surface area contributed by atoms with E-state index in [1.807, 2.05) is 0 Å². The van der Waals surface area contributed by atoms with Crippen LogP contribution < -0.4 is 0 Å². The molecule has 0 amide bonds. The van der Waals surface area contributed by atoms with Crippen LogP contribution in [0.15, 0.2) is 0 Å². The van der Waals surface area contributed by atoms with E-state index in [1.165, 1.54) is 0 Å². The van der Waals surface area contributed by atoms with E-state index in [2.05, 4.69) is 56.4 Å². The first-order chi connectivity index (χ1) is 3.00. The third-order valence-electron chi connectivity index (χ3n) is 0. The standard InChI is InChI=1S/C4H12N.Br2/c1-5(2,3)4;1-2/h1-4H3;/q+1;. The summed E-state index contributed by atoms with van der Waals surface area (Å²) in [6.07, 6.45) is 0. The first kappa shape index (κ1) is 10.8. The van der Waals surface area contributed by atoms with Crippen molar-refractivity contribution in [1.29, 1.82) is 0 Å². The Hall–Kier alpha value is 0.920. The second kappa shape index (κ2) is 5.06. The minimum atomic E-state index is 1.00. The molecule has 0 heterocycles. The molecular weight excluding hydrogens is 222 g/mol. The van der Waals surface area contributed by atoms with Crippen molar-refractivity contribution in [3.8, 4) is 0 Å². The molecule has 0 aromatic carbocycles. The van der Waals surface area contributed by atoms with Gasteiger partial charge in [-0.1, -0.05) is 0 Å². The van der Waals surface area contributed by atoms with E-state index in [1.54, 1.807) is 0 Å². The molecule has 0 fully saturated rings. The Labute approximate surface area is 61.1 Å². The van der Waals surface area contributed by atoms with E-state index >= 15 is 0 Å². The van der Waals surface area contributed by atoms with Crippen LogP contribution in [0.4, 0.5) is 0 Å². The number of rotatable bonds is 0. The summed E-state index contributed by atoms with van der Waals surface area (Å²) in [5.74, 6) is 0. The van der Waals surface area contributed by atoms with Crippen LogP contribution in [0.2, 0.25) is 0 Å². The quantitative estimate of drug-likeness (QED) is 0.562. The molecule has 0 aromatic rings. The Morgan fingerprint density at radius 2 is 0.857 bits per heavy atom. The predicted molar refractivity (Wildman–Crippen MR) is 41.8 cm³/mol. The van der Waals surface area contributed by atoms with Gasteiger partial charge in [0.05, 0.1) is 28.2 Å². The predicted octanol–water partition coefficient (Wildman–Crippen LogP) is 2.01. The summed E-state index contributed by atoms with van der Waals surface area (Å²) in [6.45, 7) is 0. The number of halogens is 2. The Balaban J connectivity index is 0. The minimum Gasteiger partial charge on any atom is -0.333 e. The van der Waals surface area contributed by atoms with Crippen LogP contribution in [0.25, 0.3) is 0 Å². The fourth-order valence-corrected chi connectivity index (χ4v) is 0. The van der Waals surface area contributed by atoms with Crippen molar-refractivity contribution in [1.82, 2.24) is 0 Å². The van der Waals surface area contributed by atoms with Gasteiger partial charge in [-0.15, -0.1) is 0 Å². The second-order valence-electron chi connectivity index (χ2n) is 2.68. The molecule has 3 heteroatoms. The number of hydrogen-bond donors (Lipinski definition) is 0. The summed E-state index contributed by atoms with van der Waals surface area (Å²) >= 11 is 5.50. The topological polar surface area (TPSA) is 0 Å². The van der Waals surface area contributed by atoms with Crippen molar-refractivity contribution in [3.05, 3.63) is 0 Å². The van der Waals surface area contributed by atoms with Crippen LogP contribution in [0.5, 0.6) is 0 Å². The summed E-state index contributed by atoms with van der Waals surface area (Å²) in [4.78, 5) is 0. The monoisotopic (exact) mass is 232 g/mol. The molecule has 0 atom stereocenters. The summed E-state index contributed by atoms with van der Waals surface area (Å²) < 4.78 is 1.00. The van der Waals surface area contributed by atoms with Crippen molar-refractivity contribution >= 4 is 28.3 Å². The van der Waals surface area contributed by atoms with Gasteiger partial charge in [-0.2, -0.15) is 0 Å². The molecule has 0 spiro atoms. The minimum absolute atomic E-state index is 1.00. The lowest BCUT2D eigenvalue weighted by Crippen LogP contribution is -2.27. The summed E-state index contributed by atoms with van der Waals surface area (Å²) in [6, 6.07) is 0. The SMILES string of the molecule is BrBr.C[N+](C)(C)C. The maximum absolute atomic E-state index is 2.75. The van der Waals surface area contributed by atoms with Gasteiger partial charge in [-0.05, 0) is 0 Å². The van der Waals surface area contributed by atoms with Crippen LogP contribution in [0, 0.1) is 0 Å². The lowest BCUT2D eigenvalue weighted by molar-refractivity contribution is -0.849. The van der Waals surface area contributed by atoms with Gasteiger partial charge in [-0.25, -0.2) is 0 Å². The fraction of sp³-hybridized carbons (Fsp3) is 1.00. The van der Waals surface area contributed by atoms with E-state index in [4.69, 9.17) is 0 Å². The van der Waals surface area contributed by atoms with Gasteiger partial charge in [0.1, 0.15) is 0 Å². The number of quaternary nitrogens is 1. The van der Waals surface area contributed by atoms with Crippen molar-refractivity contribution in [2.75, 3.05) is 28.2 Å². The zero-order valence-electron chi connectivity index (χ0n) is 5.20. The van der Waals surface area contributed by atoms with E-state index in [-0.39, 0.29) is 0 Å². The molecule has 0 bridgehead atoms. The van der Waals surface area contributed by atoms with Gasteiger partial charge in [0, 0.05) is 28.3 Å². The smallest absolute Gasteiger partial charge is 0.0675 e. The van der Waals surface area contributed by atoms with Crippen molar-refractivity contribution in [3.63, 3.8) is 0 Å². The van der Waals surface area contributed by atoms with E-state index in [0.29, 0.717) is 0 Å². The Bertz CT molecular complexity index is 25.2. The molecule has 7 heavy (non-hydrogen) atoms. The molecule has 0 radical (unpaired) electrons. The van der Waals surface area contributed by atoms with Crippen molar-refractivity contribution in [2.24, 2.45) is 0 Å². The zero-order chi connectivity index (χ0) is 6.50. The van der Waals surface area contributed by atoms with Gasteiger partial charge in [0.25, 0.3) is 0 Å². The normalized spacial score (nSPS) is 9.43. The molecule has 0 aliphatic carbocycles. The van der Waals surface area contributed by atoms with Gasteiger partial charge in [-0.3, -0.25) is 0 Å². The molecule has 0 aliphatic heterocycles. The van der Waals surface area contributed by atoms with Crippen molar-refractivity contribution in [2.45, 2.75) is 0 Å². The maximum Gasteiger partial charge on any atom is 0.0675 e. The third-order valence-corrected chi connectivity index (χ3v) is 0. The van der Waals surface area contributed by atoms with Crippen LogP contribution in [-0.4, -0.2) is 32.7 Å². The second-order valence-corrected chi connectivity index (χ2v) is 2.68. The van der Waals surface area contributed by atoms with Crippen molar-refractivity contribution < 1.29 is 4.48 Å². The van der Waals surface area contributed by atoms with Gasteiger partial charge < -0.3 is 4.48 Å². The molecule has 0 unspecified atom stereocenters. The van der Waals surface area contributed by atoms with Crippen LogP contribution in [0.3, 0.4) is 0 Å². The first-order valence-corrected chi connectivity index (χ1v) is 5.65. The molecule has 0 saturated heterocycles. The number of hydrogen-bond acceptors (Lipinski definition) is 0. The average Bonchev–Trinajstić information content (AvgIpc) is 1.36. The molecule has 0 aliphatic rings. The molecule has 46 valence electrons. The Kier molecular flexibility index (Phi) is 7.83. The van der Waals surface area contributed by atoms with Crippen LogP contribution in [0.1, 0.15) is 0 Å². The third kappa shape index (κ3) is 198. The fourth-order valence-electron chi connectivity index (χ4n) is 0. The highest BCUT2D eigenvalue weighted by atomic mass is 80.9. The Morgan fingerprint density at radius 3 is 0.857 bits per heavy atom.